The van der Waals surface area contributed by atoms with Crippen molar-refractivity contribution < 1.29 is 14.4 Å². The van der Waals surface area contributed by atoms with Crippen molar-refractivity contribution in [3.63, 3.8) is 0 Å². The minimum Gasteiger partial charge on any atom is -0.327 e. The number of aromatic nitrogens is 1. The number of rotatable bonds is 2. The number of anilines is 1. The molecule has 3 amide bonds. The molecule has 7 heteroatoms. The van der Waals surface area contributed by atoms with E-state index in [4.69, 9.17) is 0 Å². The normalized spacial score (nSPS) is 14.0. The minimum absolute atomic E-state index is 0.225. The van der Waals surface area contributed by atoms with Gasteiger partial charge >= 0.3 is 0 Å². The molecule has 2 aromatic carbocycles. The number of hydrogen-bond acceptors (Lipinski definition) is 4. The summed E-state index contributed by atoms with van der Waals surface area (Å²) in [4.78, 5) is 44.2. The SMILES string of the molecule is Cc1ccc(C)c(N2C(=O)c3ccc(C(=O)N=c4sccn4C)cc3C2=O)c1. The molecule has 0 saturated heterocycles. The summed E-state index contributed by atoms with van der Waals surface area (Å²) >= 11 is 1.35. The molecular weight excluding hydrogens is 374 g/mol. The summed E-state index contributed by atoms with van der Waals surface area (Å²) in [6.45, 7) is 3.76. The largest absolute Gasteiger partial charge is 0.327 e. The first kappa shape index (κ1) is 18.1. The van der Waals surface area contributed by atoms with Crippen LogP contribution in [-0.2, 0) is 7.05 Å². The summed E-state index contributed by atoms with van der Waals surface area (Å²) in [6.07, 6.45) is 1.81. The highest BCUT2D eigenvalue weighted by Gasteiger charge is 2.37. The van der Waals surface area contributed by atoms with E-state index in [0.29, 0.717) is 16.1 Å². The minimum atomic E-state index is -0.453. The highest BCUT2D eigenvalue weighted by Crippen LogP contribution is 2.31. The molecule has 0 radical (unpaired) electrons. The molecule has 140 valence electrons. The van der Waals surface area contributed by atoms with Crippen LogP contribution in [-0.4, -0.2) is 22.3 Å². The number of hydrogen-bond donors (Lipinski definition) is 0. The Morgan fingerprint density at radius 2 is 1.75 bits per heavy atom. The van der Waals surface area contributed by atoms with Crippen molar-refractivity contribution in [2.45, 2.75) is 13.8 Å². The van der Waals surface area contributed by atoms with Gasteiger partial charge < -0.3 is 4.57 Å². The Hall–Kier alpha value is -3.32. The van der Waals surface area contributed by atoms with Crippen LogP contribution in [0.15, 0.2) is 53.0 Å². The molecule has 0 atom stereocenters. The van der Waals surface area contributed by atoms with Crippen LogP contribution < -0.4 is 9.70 Å². The topological polar surface area (TPSA) is 71.7 Å². The molecule has 28 heavy (non-hydrogen) atoms. The number of aryl methyl sites for hydroxylation is 3. The third-order valence-electron chi connectivity index (χ3n) is 4.70. The Morgan fingerprint density at radius 1 is 1.00 bits per heavy atom. The Balaban J connectivity index is 1.75. The molecule has 1 aliphatic heterocycles. The number of amides is 3. The first-order valence-corrected chi connectivity index (χ1v) is 9.54. The van der Waals surface area contributed by atoms with E-state index in [2.05, 4.69) is 4.99 Å². The molecule has 6 nitrogen and oxygen atoms in total. The summed E-state index contributed by atoms with van der Waals surface area (Å²) < 4.78 is 1.74. The monoisotopic (exact) mass is 391 g/mol. The van der Waals surface area contributed by atoms with Crippen molar-refractivity contribution in [2.75, 3.05) is 4.90 Å². The maximum atomic E-state index is 13.0. The zero-order valence-corrected chi connectivity index (χ0v) is 16.4. The summed E-state index contributed by atoms with van der Waals surface area (Å²) in [5.74, 6) is -1.26. The summed E-state index contributed by atoms with van der Waals surface area (Å²) in [6, 6.07) is 10.1. The lowest BCUT2D eigenvalue weighted by molar-refractivity contribution is 0.0925. The number of thiazole rings is 1. The van der Waals surface area contributed by atoms with Gasteiger partial charge in [-0.2, -0.15) is 4.99 Å². The van der Waals surface area contributed by atoms with Gasteiger partial charge in [-0.15, -0.1) is 11.3 Å². The van der Waals surface area contributed by atoms with Gasteiger partial charge in [0.15, 0.2) is 4.80 Å². The molecule has 3 aromatic rings. The summed E-state index contributed by atoms with van der Waals surface area (Å²) in [5.41, 5.74) is 3.14. The van der Waals surface area contributed by atoms with Gasteiger partial charge in [-0.1, -0.05) is 12.1 Å². The van der Waals surface area contributed by atoms with Crippen LogP contribution in [0.3, 0.4) is 0 Å². The van der Waals surface area contributed by atoms with Crippen LogP contribution >= 0.6 is 11.3 Å². The molecule has 0 spiro atoms. The molecule has 1 aliphatic rings. The number of carbonyl (C=O) groups excluding carboxylic acids is 3. The molecular formula is C21H17N3O3S. The van der Waals surface area contributed by atoms with Gasteiger partial charge in [-0.05, 0) is 49.2 Å². The van der Waals surface area contributed by atoms with Gasteiger partial charge in [-0.3, -0.25) is 14.4 Å². The van der Waals surface area contributed by atoms with E-state index in [1.165, 1.54) is 34.4 Å². The van der Waals surface area contributed by atoms with Crippen molar-refractivity contribution in [3.05, 3.63) is 80.6 Å². The number of fused-ring (bicyclic) bond motifs is 1. The third-order valence-corrected chi connectivity index (χ3v) is 5.54. The van der Waals surface area contributed by atoms with E-state index in [0.717, 1.165) is 11.1 Å². The number of carbonyl (C=O) groups is 3. The van der Waals surface area contributed by atoms with Crippen LogP contribution in [0, 0.1) is 13.8 Å². The van der Waals surface area contributed by atoms with Crippen LogP contribution in [0.4, 0.5) is 5.69 Å². The van der Waals surface area contributed by atoms with Gasteiger partial charge in [-0.25, -0.2) is 4.90 Å². The average Bonchev–Trinajstić information content (AvgIpc) is 3.18. The van der Waals surface area contributed by atoms with E-state index < -0.39 is 11.8 Å². The van der Waals surface area contributed by atoms with Crippen LogP contribution in [0.5, 0.6) is 0 Å². The summed E-state index contributed by atoms with van der Waals surface area (Å²) in [5, 5.41) is 1.83. The second kappa shape index (κ2) is 6.69. The van der Waals surface area contributed by atoms with Crippen LogP contribution in [0.1, 0.15) is 42.2 Å². The lowest BCUT2D eigenvalue weighted by Crippen LogP contribution is -2.30. The van der Waals surface area contributed by atoms with Crippen molar-refractivity contribution in [2.24, 2.45) is 12.0 Å². The first-order valence-electron chi connectivity index (χ1n) is 8.66. The average molecular weight is 391 g/mol. The fourth-order valence-corrected chi connectivity index (χ4v) is 3.87. The molecule has 0 bridgehead atoms. The third kappa shape index (κ3) is 2.90. The Labute approximate surface area is 165 Å². The maximum Gasteiger partial charge on any atom is 0.279 e. The van der Waals surface area contributed by atoms with Gasteiger partial charge in [0.1, 0.15) is 0 Å². The molecule has 0 aliphatic carbocycles. The van der Waals surface area contributed by atoms with Gasteiger partial charge in [0.05, 0.1) is 16.8 Å². The van der Waals surface area contributed by atoms with Crippen molar-refractivity contribution in [3.8, 4) is 0 Å². The van der Waals surface area contributed by atoms with E-state index in [9.17, 15) is 14.4 Å². The molecule has 0 unspecified atom stereocenters. The fraction of sp³-hybridized carbons (Fsp3) is 0.143. The highest BCUT2D eigenvalue weighted by molar-refractivity contribution is 7.07. The van der Waals surface area contributed by atoms with Crippen LogP contribution in [0.2, 0.25) is 0 Å². The molecule has 0 saturated carbocycles. The molecule has 4 rings (SSSR count). The molecule has 0 fully saturated rings. The lowest BCUT2D eigenvalue weighted by atomic mass is 10.1. The Morgan fingerprint density at radius 3 is 2.46 bits per heavy atom. The Kier molecular flexibility index (Phi) is 4.31. The van der Waals surface area contributed by atoms with E-state index >= 15 is 0 Å². The quantitative estimate of drug-likeness (QED) is 0.630. The highest BCUT2D eigenvalue weighted by atomic mass is 32.1. The van der Waals surface area contributed by atoms with Crippen LogP contribution in [0.25, 0.3) is 0 Å². The maximum absolute atomic E-state index is 13.0. The van der Waals surface area contributed by atoms with Gasteiger partial charge in [0.2, 0.25) is 0 Å². The predicted molar refractivity (Wildman–Crippen MR) is 107 cm³/mol. The predicted octanol–water partition coefficient (Wildman–Crippen LogP) is 3.25. The number of benzene rings is 2. The standard InChI is InChI=1S/C21H17N3O3S/c1-12-4-5-13(2)17(10-12)24-19(26)15-7-6-14(11-16(15)20(24)27)18(25)22-21-23(3)8-9-28-21/h4-11H,1-3H3. The molecule has 0 N–H and O–H groups in total. The molecule has 1 aromatic heterocycles. The van der Waals surface area contributed by atoms with E-state index in [-0.39, 0.29) is 17.0 Å². The van der Waals surface area contributed by atoms with Gasteiger partial charge in [0, 0.05) is 24.2 Å². The number of nitrogens with zero attached hydrogens (tertiary/aromatic N) is 3. The Bertz CT molecular complexity index is 1220. The smallest absolute Gasteiger partial charge is 0.279 e. The van der Waals surface area contributed by atoms with Crippen molar-refractivity contribution >= 4 is 34.7 Å². The van der Waals surface area contributed by atoms with Crippen molar-refractivity contribution in [1.82, 2.24) is 4.57 Å². The summed E-state index contributed by atoms with van der Waals surface area (Å²) in [7, 11) is 1.80. The lowest BCUT2D eigenvalue weighted by Gasteiger charge is -2.17. The second-order valence-corrected chi connectivity index (χ2v) is 7.58. The zero-order chi connectivity index (χ0) is 20.0. The van der Waals surface area contributed by atoms with E-state index in [1.54, 1.807) is 11.6 Å². The fourth-order valence-electron chi connectivity index (χ4n) is 3.14. The zero-order valence-electron chi connectivity index (χ0n) is 15.6. The van der Waals surface area contributed by atoms with Gasteiger partial charge in [0.25, 0.3) is 17.7 Å². The number of imide groups is 1. The first-order chi connectivity index (χ1) is 13.4. The second-order valence-electron chi connectivity index (χ2n) is 6.71. The van der Waals surface area contributed by atoms with Crippen molar-refractivity contribution in [1.29, 1.82) is 0 Å². The van der Waals surface area contributed by atoms with E-state index in [1.807, 2.05) is 43.6 Å². The molecule has 2 heterocycles.